The van der Waals surface area contributed by atoms with Gasteiger partial charge in [0.2, 0.25) is 0 Å². The Bertz CT molecular complexity index is 818. The second-order valence-corrected chi connectivity index (χ2v) is 4.88. The molecule has 2 rings (SSSR count). The van der Waals surface area contributed by atoms with Crippen molar-refractivity contribution in [1.82, 2.24) is 4.57 Å². The minimum absolute atomic E-state index is 0.358. The number of rotatable bonds is 4. The summed E-state index contributed by atoms with van der Waals surface area (Å²) in [6.07, 6.45) is 10.1. The number of allylic oxidation sites excluding steroid dienone is 5. The van der Waals surface area contributed by atoms with Gasteiger partial charge in [-0.25, -0.2) is 4.79 Å². The Labute approximate surface area is 128 Å². The molecule has 5 heteroatoms. The van der Waals surface area contributed by atoms with E-state index in [0.29, 0.717) is 30.6 Å². The first-order chi connectivity index (χ1) is 10.5. The molecule has 1 aromatic heterocycles. The van der Waals surface area contributed by atoms with Crippen LogP contribution in [0.3, 0.4) is 0 Å². The summed E-state index contributed by atoms with van der Waals surface area (Å²) < 4.78 is 12.0. The second-order valence-electron chi connectivity index (χ2n) is 4.88. The van der Waals surface area contributed by atoms with Crippen molar-refractivity contribution < 1.29 is 13.9 Å². The van der Waals surface area contributed by atoms with Gasteiger partial charge in [-0.1, -0.05) is 24.8 Å². The van der Waals surface area contributed by atoms with E-state index in [4.69, 9.17) is 9.15 Å². The smallest absolute Gasteiger partial charge is 0.420 e. The summed E-state index contributed by atoms with van der Waals surface area (Å²) in [6, 6.07) is 0. The summed E-state index contributed by atoms with van der Waals surface area (Å²) in [7, 11) is 0. The highest BCUT2D eigenvalue weighted by Gasteiger charge is 2.09. The van der Waals surface area contributed by atoms with Crippen molar-refractivity contribution in [2.45, 2.75) is 33.2 Å². The first kappa shape index (κ1) is 15.8. The predicted molar refractivity (Wildman–Crippen MR) is 84.2 cm³/mol. The standard InChI is InChI=1S/C17H19NO4/c1-4-13(5-2)11-18-15-8-6-7-14(21-12(3)19)9-10-16(15)22-17(18)20/h4-5,7-8,10H,1,6,9,11H2,2-3H3. The van der Waals surface area contributed by atoms with E-state index in [9.17, 15) is 9.59 Å². The summed E-state index contributed by atoms with van der Waals surface area (Å²) in [5.74, 6) is -0.206. The van der Waals surface area contributed by atoms with Crippen molar-refractivity contribution in [2.24, 2.45) is 0 Å². The zero-order valence-electron chi connectivity index (χ0n) is 12.8. The topological polar surface area (TPSA) is 61.4 Å². The van der Waals surface area contributed by atoms with Gasteiger partial charge in [-0.3, -0.25) is 9.36 Å². The maximum Gasteiger partial charge on any atom is 0.420 e. The number of oxazole rings is 1. The lowest BCUT2D eigenvalue weighted by atomic mass is 10.2. The Balaban J connectivity index is 2.43. The molecule has 0 saturated carbocycles. The summed E-state index contributed by atoms with van der Waals surface area (Å²) in [6.45, 7) is 7.41. The summed E-state index contributed by atoms with van der Waals surface area (Å²) in [4.78, 5) is 23.1. The molecule has 0 spiro atoms. The van der Waals surface area contributed by atoms with Crippen LogP contribution in [0, 0.1) is 0 Å². The molecule has 0 amide bonds. The van der Waals surface area contributed by atoms with Crippen LogP contribution >= 0.6 is 0 Å². The van der Waals surface area contributed by atoms with E-state index in [2.05, 4.69) is 6.58 Å². The van der Waals surface area contributed by atoms with Gasteiger partial charge in [-0.15, -0.1) is 0 Å². The minimum atomic E-state index is -0.408. The molecule has 0 unspecified atom stereocenters. The molecule has 1 aliphatic rings. The van der Waals surface area contributed by atoms with Gasteiger partial charge in [0.05, 0.1) is 11.9 Å². The molecule has 0 N–H and O–H groups in total. The summed E-state index contributed by atoms with van der Waals surface area (Å²) in [5, 5.41) is 0.740. The van der Waals surface area contributed by atoms with Crippen LogP contribution in [0.2, 0.25) is 0 Å². The molecule has 0 radical (unpaired) electrons. The maximum absolute atomic E-state index is 12.0. The SMILES string of the molecule is C=CC(=CC)Cn1c(=O)oc2c1=CCC=C(OC(C)=O)CC=2. The van der Waals surface area contributed by atoms with Gasteiger partial charge in [0, 0.05) is 13.3 Å². The first-order valence-electron chi connectivity index (χ1n) is 7.10. The third-order valence-corrected chi connectivity index (χ3v) is 3.35. The lowest BCUT2D eigenvalue weighted by Gasteiger charge is -2.05. The molecule has 0 aromatic carbocycles. The number of esters is 1. The molecule has 22 heavy (non-hydrogen) atoms. The quantitative estimate of drug-likeness (QED) is 0.622. The molecule has 0 aliphatic heterocycles. The zero-order valence-corrected chi connectivity index (χ0v) is 12.8. The van der Waals surface area contributed by atoms with E-state index >= 15 is 0 Å². The van der Waals surface area contributed by atoms with Crippen LogP contribution in [0.1, 0.15) is 26.7 Å². The number of fused-ring (bicyclic) bond motifs is 1. The van der Waals surface area contributed by atoms with E-state index < -0.39 is 5.76 Å². The third-order valence-electron chi connectivity index (χ3n) is 3.35. The highest BCUT2D eigenvalue weighted by Crippen LogP contribution is 2.08. The van der Waals surface area contributed by atoms with E-state index in [1.54, 1.807) is 16.7 Å². The number of hydrogen-bond acceptors (Lipinski definition) is 4. The lowest BCUT2D eigenvalue weighted by molar-refractivity contribution is -0.136. The monoisotopic (exact) mass is 301 g/mol. The van der Waals surface area contributed by atoms with Gasteiger partial charge in [-0.05, 0) is 31.1 Å². The largest absolute Gasteiger partial charge is 0.431 e. The molecular formula is C17H19NO4. The minimum Gasteiger partial charge on any atom is -0.431 e. The Morgan fingerprint density at radius 2 is 2.23 bits per heavy atom. The molecule has 116 valence electrons. The van der Waals surface area contributed by atoms with Crippen molar-refractivity contribution in [1.29, 1.82) is 0 Å². The van der Waals surface area contributed by atoms with Crippen LogP contribution in [0.15, 0.2) is 45.4 Å². The number of carbonyl (C=O) groups excluding carboxylic acids is 1. The Morgan fingerprint density at radius 3 is 2.86 bits per heavy atom. The molecule has 0 bridgehead atoms. The Morgan fingerprint density at radius 1 is 1.45 bits per heavy atom. The van der Waals surface area contributed by atoms with Crippen LogP contribution in [-0.4, -0.2) is 10.5 Å². The molecule has 1 aliphatic carbocycles. The first-order valence-corrected chi connectivity index (χ1v) is 7.10. The van der Waals surface area contributed by atoms with Crippen molar-refractivity contribution in [3.63, 3.8) is 0 Å². The van der Waals surface area contributed by atoms with Gasteiger partial charge in [0.1, 0.15) is 5.76 Å². The van der Waals surface area contributed by atoms with Gasteiger partial charge >= 0.3 is 11.7 Å². The molecule has 1 heterocycles. The van der Waals surface area contributed by atoms with E-state index in [1.807, 2.05) is 25.2 Å². The normalized spacial score (nSPS) is 14.6. The van der Waals surface area contributed by atoms with E-state index in [-0.39, 0.29) is 5.97 Å². The lowest BCUT2D eigenvalue weighted by Crippen LogP contribution is -2.33. The van der Waals surface area contributed by atoms with Gasteiger partial charge in [0.25, 0.3) is 0 Å². The number of nitrogens with zero attached hydrogens (tertiary/aromatic N) is 1. The average molecular weight is 301 g/mol. The fourth-order valence-electron chi connectivity index (χ4n) is 2.24. The van der Waals surface area contributed by atoms with Crippen molar-refractivity contribution >= 4 is 18.1 Å². The van der Waals surface area contributed by atoms with Crippen LogP contribution in [0.4, 0.5) is 0 Å². The zero-order chi connectivity index (χ0) is 16.1. The fourth-order valence-corrected chi connectivity index (χ4v) is 2.24. The molecule has 0 fully saturated rings. The summed E-state index contributed by atoms with van der Waals surface area (Å²) >= 11 is 0. The van der Waals surface area contributed by atoms with Gasteiger partial charge in [0.15, 0.2) is 5.42 Å². The highest BCUT2D eigenvalue weighted by molar-refractivity contribution is 5.67. The number of hydrogen-bond donors (Lipinski definition) is 0. The second kappa shape index (κ2) is 6.93. The predicted octanol–water partition coefficient (Wildman–Crippen LogP) is 1.38. The number of ether oxygens (including phenoxy) is 1. The van der Waals surface area contributed by atoms with Crippen LogP contribution in [-0.2, 0) is 16.1 Å². The maximum atomic E-state index is 12.0. The van der Waals surface area contributed by atoms with E-state index in [0.717, 1.165) is 10.9 Å². The van der Waals surface area contributed by atoms with Crippen molar-refractivity contribution in [3.8, 4) is 0 Å². The molecule has 0 atom stereocenters. The van der Waals surface area contributed by atoms with Crippen molar-refractivity contribution in [3.05, 3.63) is 57.5 Å². The fraction of sp³-hybridized carbons (Fsp3) is 0.294. The van der Waals surface area contributed by atoms with Gasteiger partial charge in [-0.2, -0.15) is 0 Å². The molecule has 1 aromatic rings. The Kier molecular flexibility index (Phi) is 4.99. The molecule has 0 saturated heterocycles. The number of aromatic nitrogens is 1. The van der Waals surface area contributed by atoms with E-state index in [1.165, 1.54) is 6.92 Å². The van der Waals surface area contributed by atoms with Crippen LogP contribution in [0.5, 0.6) is 0 Å². The summed E-state index contributed by atoms with van der Waals surface area (Å²) in [5.41, 5.74) is 1.44. The van der Waals surface area contributed by atoms with Crippen LogP contribution < -0.4 is 16.5 Å². The van der Waals surface area contributed by atoms with Crippen LogP contribution in [0.25, 0.3) is 12.2 Å². The highest BCUT2D eigenvalue weighted by atomic mass is 16.5. The third kappa shape index (κ3) is 3.55. The molecule has 5 nitrogen and oxygen atoms in total. The molecular weight excluding hydrogens is 282 g/mol. The van der Waals surface area contributed by atoms with Gasteiger partial charge < -0.3 is 9.15 Å². The van der Waals surface area contributed by atoms with Crippen molar-refractivity contribution in [2.75, 3.05) is 0 Å². The Hall–Kier alpha value is -2.56. The number of carbonyl (C=O) groups is 1. The average Bonchev–Trinajstić information content (AvgIpc) is 2.74.